The molecule has 2 aromatic carbocycles. The van der Waals surface area contributed by atoms with Gasteiger partial charge in [-0.05, 0) is 56.9 Å². The van der Waals surface area contributed by atoms with Gasteiger partial charge < -0.3 is 15.5 Å². The van der Waals surface area contributed by atoms with Gasteiger partial charge in [-0.25, -0.2) is 0 Å². The van der Waals surface area contributed by atoms with Gasteiger partial charge in [0.2, 0.25) is 0 Å². The summed E-state index contributed by atoms with van der Waals surface area (Å²) >= 11 is 0. The number of carbonyl (C=O) groups is 1. The fourth-order valence-electron chi connectivity index (χ4n) is 3.17. The monoisotopic (exact) mass is 522 g/mol. The zero-order valence-corrected chi connectivity index (χ0v) is 20.9. The van der Waals surface area contributed by atoms with Crippen LogP contribution in [0.3, 0.4) is 0 Å². The highest BCUT2D eigenvalue weighted by Gasteiger charge is 2.12. The Morgan fingerprint density at radius 3 is 2.20 bits per heavy atom. The Hall–Kier alpha value is -2.09. The molecule has 1 amide bonds. The number of amides is 1. The zero-order valence-electron chi connectivity index (χ0n) is 18.5. The SMILES string of the molecule is CCN(CC)C(=O)c1ccc(CNC(=NC)NC(C)CCc2ccccc2)cc1.I. The van der Waals surface area contributed by atoms with E-state index in [-0.39, 0.29) is 29.9 Å². The first-order valence-electron chi connectivity index (χ1n) is 10.5. The van der Waals surface area contributed by atoms with Crippen LogP contribution >= 0.6 is 24.0 Å². The molecule has 0 saturated heterocycles. The van der Waals surface area contributed by atoms with Gasteiger partial charge in [-0.15, -0.1) is 24.0 Å². The van der Waals surface area contributed by atoms with E-state index in [0.29, 0.717) is 12.6 Å². The number of halogens is 1. The van der Waals surface area contributed by atoms with E-state index in [9.17, 15) is 4.79 Å². The molecule has 2 aromatic rings. The number of rotatable bonds is 9. The minimum atomic E-state index is 0. The third-order valence-corrected chi connectivity index (χ3v) is 5.03. The van der Waals surface area contributed by atoms with Crippen LogP contribution in [-0.4, -0.2) is 42.9 Å². The maximum Gasteiger partial charge on any atom is 0.253 e. The van der Waals surface area contributed by atoms with E-state index in [1.54, 1.807) is 7.05 Å². The lowest BCUT2D eigenvalue weighted by molar-refractivity contribution is 0.0773. The van der Waals surface area contributed by atoms with E-state index in [4.69, 9.17) is 0 Å². The van der Waals surface area contributed by atoms with E-state index in [2.05, 4.69) is 46.8 Å². The van der Waals surface area contributed by atoms with Gasteiger partial charge in [-0.3, -0.25) is 9.79 Å². The maximum absolute atomic E-state index is 12.4. The van der Waals surface area contributed by atoms with Crippen molar-refractivity contribution >= 4 is 35.8 Å². The lowest BCUT2D eigenvalue weighted by atomic mass is 10.1. The minimum absolute atomic E-state index is 0. The Morgan fingerprint density at radius 1 is 1.00 bits per heavy atom. The van der Waals surface area contributed by atoms with E-state index >= 15 is 0 Å². The van der Waals surface area contributed by atoms with Crippen LogP contribution in [0.4, 0.5) is 0 Å². The summed E-state index contributed by atoms with van der Waals surface area (Å²) in [5, 5.41) is 6.80. The smallest absolute Gasteiger partial charge is 0.253 e. The molecule has 1 unspecified atom stereocenters. The molecule has 0 bridgehead atoms. The van der Waals surface area contributed by atoms with Crippen LogP contribution in [0.15, 0.2) is 59.6 Å². The standard InChI is InChI=1S/C24H34N4O.HI/c1-5-28(6-2)23(29)22-16-14-21(15-17-22)18-26-24(25-4)27-19(3)12-13-20-10-8-7-9-11-20;/h7-11,14-17,19H,5-6,12-13,18H2,1-4H3,(H2,25,26,27);1H. The summed E-state index contributed by atoms with van der Waals surface area (Å²) in [6.45, 7) is 8.28. The number of benzene rings is 2. The molecule has 30 heavy (non-hydrogen) atoms. The highest BCUT2D eigenvalue weighted by Crippen LogP contribution is 2.08. The Bertz CT molecular complexity index is 774. The number of hydrogen-bond donors (Lipinski definition) is 2. The van der Waals surface area contributed by atoms with Crippen molar-refractivity contribution in [2.75, 3.05) is 20.1 Å². The number of carbonyl (C=O) groups excluding carboxylic acids is 1. The second kappa shape index (κ2) is 14.0. The van der Waals surface area contributed by atoms with Crippen molar-refractivity contribution in [2.45, 2.75) is 46.2 Å². The number of aliphatic imine (C=N–C) groups is 1. The van der Waals surface area contributed by atoms with Crippen molar-refractivity contribution in [3.63, 3.8) is 0 Å². The molecule has 0 spiro atoms. The molecule has 0 aliphatic heterocycles. The molecule has 0 fully saturated rings. The molecule has 0 aliphatic carbocycles. The molecular formula is C24H35IN4O. The molecule has 2 rings (SSSR count). The number of aryl methyl sites for hydroxylation is 1. The average molecular weight is 522 g/mol. The van der Waals surface area contributed by atoms with Gasteiger partial charge in [-0.1, -0.05) is 42.5 Å². The lowest BCUT2D eigenvalue weighted by Crippen LogP contribution is -2.42. The number of guanidine groups is 1. The summed E-state index contributed by atoms with van der Waals surface area (Å²) < 4.78 is 0. The van der Waals surface area contributed by atoms with Gasteiger partial charge in [0, 0.05) is 38.3 Å². The van der Waals surface area contributed by atoms with Crippen molar-refractivity contribution in [3.05, 3.63) is 71.3 Å². The van der Waals surface area contributed by atoms with Crippen LogP contribution in [0.2, 0.25) is 0 Å². The van der Waals surface area contributed by atoms with Gasteiger partial charge in [0.05, 0.1) is 0 Å². The molecular weight excluding hydrogens is 487 g/mol. The van der Waals surface area contributed by atoms with E-state index in [1.807, 2.05) is 49.1 Å². The minimum Gasteiger partial charge on any atom is -0.354 e. The maximum atomic E-state index is 12.4. The fraction of sp³-hybridized carbons (Fsp3) is 0.417. The normalized spacial score (nSPS) is 11.9. The number of hydrogen-bond acceptors (Lipinski definition) is 2. The third-order valence-electron chi connectivity index (χ3n) is 5.03. The summed E-state index contributed by atoms with van der Waals surface area (Å²) in [7, 11) is 1.78. The molecule has 0 radical (unpaired) electrons. The van der Waals surface area contributed by atoms with Gasteiger partial charge >= 0.3 is 0 Å². The van der Waals surface area contributed by atoms with Crippen molar-refractivity contribution in [2.24, 2.45) is 4.99 Å². The Kier molecular flexibility index (Phi) is 12.1. The predicted octanol–water partition coefficient (Wildman–Crippen LogP) is 4.47. The Morgan fingerprint density at radius 2 is 1.63 bits per heavy atom. The highest BCUT2D eigenvalue weighted by molar-refractivity contribution is 14.0. The first-order valence-corrected chi connectivity index (χ1v) is 10.5. The molecule has 2 N–H and O–H groups in total. The number of nitrogens with one attached hydrogen (secondary N) is 2. The van der Waals surface area contributed by atoms with Gasteiger partial charge in [0.25, 0.3) is 5.91 Å². The predicted molar refractivity (Wildman–Crippen MR) is 137 cm³/mol. The van der Waals surface area contributed by atoms with Crippen LogP contribution in [-0.2, 0) is 13.0 Å². The van der Waals surface area contributed by atoms with E-state index in [1.165, 1.54) is 5.56 Å². The molecule has 5 nitrogen and oxygen atoms in total. The zero-order chi connectivity index (χ0) is 21.1. The largest absolute Gasteiger partial charge is 0.354 e. The average Bonchev–Trinajstić information content (AvgIpc) is 2.77. The van der Waals surface area contributed by atoms with Crippen LogP contribution in [0, 0.1) is 0 Å². The summed E-state index contributed by atoms with van der Waals surface area (Å²) in [6.07, 6.45) is 2.07. The van der Waals surface area contributed by atoms with Crippen LogP contribution in [0.1, 0.15) is 48.7 Å². The van der Waals surface area contributed by atoms with Gasteiger partial charge in [-0.2, -0.15) is 0 Å². The lowest BCUT2D eigenvalue weighted by Gasteiger charge is -2.19. The molecule has 0 aromatic heterocycles. The molecule has 6 heteroatoms. The van der Waals surface area contributed by atoms with Crippen molar-refractivity contribution in [1.82, 2.24) is 15.5 Å². The summed E-state index contributed by atoms with van der Waals surface area (Å²) in [6, 6.07) is 18.6. The van der Waals surface area contributed by atoms with Gasteiger partial charge in [0.15, 0.2) is 5.96 Å². The first-order chi connectivity index (χ1) is 14.1. The van der Waals surface area contributed by atoms with Gasteiger partial charge in [0.1, 0.15) is 0 Å². The van der Waals surface area contributed by atoms with Crippen molar-refractivity contribution in [1.29, 1.82) is 0 Å². The van der Waals surface area contributed by atoms with Crippen LogP contribution in [0.25, 0.3) is 0 Å². The Labute approximate surface area is 198 Å². The first kappa shape index (κ1) is 25.9. The van der Waals surface area contributed by atoms with Crippen LogP contribution < -0.4 is 10.6 Å². The second-order valence-electron chi connectivity index (χ2n) is 7.17. The van der Waals surface area contributed by atoms with Crippen molar-refractivity contribution in [3.8, 4) is 0 Å². The fourth-order valence-corrected chi connectivity index (χ4v) is 3.17. The summed E-state index contributed by atoms with van der Waals surface area (Å²) in [5.74, 6) is 0.869. The summed E-state index contributed by atoms with van der Waals surface area (Å²) in [5.41, 5.74) is 3.19. The molecule has 0 saturated carbocycles. The number of nitrogens with zero attached hydrogens (tertiary/aromatic N) is 2. The van der Waals surface area contributed by atoms with Crippen molar-refractivity contribution < 1.29 is 4.79 Å². The Balaban J connectivity index is 0.00000450. The second-order valence-corrected chi connectivity index (χ2v) is 7.17. The molecule has 164 valence electrons. The topological polar surface area (TPSA) is 56.7 Å². The quantitative estimate of drug-likeness (QED) is 0.290. The highest BCUT2D eigenvalue weighted by atomic mass is 127. The third kappa shape index (κ3) is 8.34. The molecule has 0 aliphatic rings. The molecule has 1 atom stereocenters. The summed E-state index contributed by atoms with van der Waals surface area (Å²) in [4.78, 5) is 18.5. The van der Waals surface area contributed by atoms with Crippen LogP contribution in [0.5, 0.6) is 0 Å². The molecule has 0 heterocycles. The van der Waals surface area contributed by atoms with E-state index < -0.39 is 0 Å². The van der Waals surface area contributed by atoms with E-state index in [0.717, 1.165) is 43.0 Å².